The van der Waals surface area contributed by atoms with Crippen LogP contribution in [0.1, 0.15) is 26.6 Å². The van der Waals surface area contributed by atoms with E-state index < -0.39 is 11.4 Å². The van der Waals surface area contributed by atoms with E-state index in [1.807, 2.05) is 0 Å². The van der Waals surface area contributed by atoms with Crippen LogP contribution in [0.25, 0.3) is 10.9 Å². The average Bonchev–Trinajstić information content (AvgIpc) is 3.19. The lowest BCUT2D eigenvalue weighted by Crippen LogP contribution is -2.28. The van der Waals surface area contributed by atoms with Crippen molar-refractivity contribution < 1.29 is 19.0 Å². The van der Waals surface area contributed by atoms with Gasteiger partial charge in [-0.05, 0) is 26.8 Å². The molecule has 0 amide bonds. The van der Waals surface area contributed by atoms with Crippen LogP contribution in [0.3, 0.4) is 0 Å². The zero-order valence-electron chi connectivity index (χ0n) is 16.8. The Morgan fingerprint density at radius 2 is 2.00 bits per heavy atom. The average molecular weight is 401 g/mol. The number of carbonyl (C=O) groups is 1. The summed E-state index contributed by atoms with van der Waals surface area (Å²) in [6.07, 6.45) is 3.35. The normalized spacial score (nSPS) is 11.4. The highest BCUT2D eigenvalue weighted by Gasteiger charge is 2.23. The van der Waals surface area contributed by atoms with Gasteiger partial charge in [0.15, 0.2) is 24.1 Å². The van der Waals surface area contributed by atoms with E-state index in [1.165, 1.54) is 24.3 Å². The van der Waals surface area contributed by atoms with Gasteiger partial charge in [0.05, 0.1) is 30.0 Å². The lowest BCUT2D eigenvalue weighted by atomic mass is 9.98. The van der Waals surface area contributed by atoms with E-state index in [0.29, 0.717) is 41.3 Å². The number of ether oxygens (including phenoxy) is 3. The Balaban J connectivity index is 1.80. The van der Waals surface area contributed by atoms with Crippen molar-refractivity contribution in [1.29, 1.82) is 0 Å². The van der Waals surface area contributed by atoms with Gasteiger partial charge < -0.3 is 14.2 Å². The number of nitrogens with zero attached hydrogens (tertiary/aromatic N) is 4. The van der Waals surface area contributed by atoms with Crippen molar-refractivity contribution in [3.63, 3.8) is 0 Å². The summed E-state index contributed by atoms with van der Waals surface area (Å²) in [6.45, 7) is 5.34. The van der Waals surface area contributed by atoms with E-state index in [9.17, 15) is 9.59 Å². The van der Waals surface area contributed by atoms with Gasteiger partial charge in [-0.3, -0.25) is 19.3 Å². The summed E-state index contributed by atoms with van der Waals surface area (Å²) in [7, 11) is 1.49. The first kappa shape index (κ1) is 20.3. The second-order valence-electron chi connectivity index (χ2n) is 7.36. The maximum Gasteiger partial charge on any atom is 0.312 e. The molecule has 1 aromatic carbocycles. The molecular formula is C19H23N5O5. The molecule has 0 saturated carbocycles. The Bertz CT molecular complexity index is 1050. The van der Waals surface area contributed by atoms with Crippen LogP contribution in [0.5, 0.6) is 11.5 Å². The topological polar surface area (TPSA) is 121 Å². The number of hydrogen-bond acceptors (Lipinski definition) is 8. The second-order valence-corrected chi connectivity index (χ2v) is 7.36. The third-order valence-corrected chi connectivity index (χ3v) is 4.10. The molecule has 0 aliphatic heterocycles. The van der Waals surface area contributed by atoms with Gasteiger partial charge in [-0.15, -0.1) is 0 Å². The van der Waals surface area contributed by atoms with Crippen molar-refractivity contribution in [1.82, 2.24) is 24.7 Å². The van der Waals surface area contributed by atoms with Gasteiger partial charge >= 0.3 is 5.97 Å². The summed E-state index contributed by atoms with van der Waals surface area (Å²) >= 11 is 0. The largest absolute Gasteiger partial charge is 0.493 e. The minimum Gasteiger partial charge on any atom is -0.493 e. The zero-order valence-corrected chi connectivity index (χ0v) is 16.8. The maximum atomic E-state index is 12.8. The zero-order chi connectivity index (χ0) is 21.0. The number of fused-ring (bicyclic) bond motifs is 1. The number of methoxy groups -OCH3 is 1. The second kappa shape index (κ2) is 8.29. The first-order chi connectivity index (χ1) is 13.8. The molecule has 0 aliphatic carbocycles. The highest BCUT2D eigenvalue weighted by molar-refractivity contribution is 5.81. The fraction of sp³-hybridized carbons (Fsp3) is 0.421. The van der Waals surface area contributed by atoms with Crippen LogP contribution in [0.2, 0.25) is 0 Å². The third-order valence-electron chi connectivity index (χ3n) is 4.10. The van der Waals surface area contributed by atoms with Crippen LogP contribution in [0.15, 0.2) is 29.6 Å². The maximum absolute atomic E-state index is 12.8. The lowest BCUT2D eigenvalue weighted by Gasteiger charge is -2.17. The van der Waals surface area contributed by atoms with Crippen LogP contribution in [-0.4, -0.2) is 44.4 Å². The molecule has 0 bridgehead atoms. The van der Waals surface area contributed by atoms with E-state index in [2.05, 4.69) is 20.2 Å². The van der Waals surface area contributed by atoms with Gasteiger partial charge in [0, 0.05) is 12.5 Å². The van der Waals surface area contributed by atoms with Crippen molar-refractivity contribution in [2.24, 2.45) is 5.41 Å². The van der Waals surface area contributed by atoms with E-state index in [0.717, 1.165) is 0 Å². The monoisotopic (exact) mass is 401 g/mol. The highest BCUT2D eigenvalue weighted by Crippen LogP contribution is 2.30. The molecule has 0 unspecified atom stereocenters. The van der Waals surface area contributed by atoms with Crippen LogP contribution in [-0.2, 0) is 22.7 Å². The quantitative estimate of drug-likeness (QED) is 0.594. The lowest BCUT2D eigenvalue weighted by molar-refractivity contribution is -0.157. The Hall–Kier alpha value is -3.43. The molecule has 0 aliphatic rings. The molecule has 154 valence electrons. The van der Waals surface area contributed by atoms with Gasteiger partial charge in [-0.1, -0.05) is 0 Å². The first-order valence-corrected chi connectivity index (χ1v) is 9.01. The van der Waals surface area contributed by atoms with Crippen LogP contribution in [0.4, 0.5) is 0 Å². The molecule has 29 heavy (non-hydrogen) atoms. The summed E-state index contributed by atoms with van der Waals surface area (Å²) in [5.41, 5.74) is -0.557. The number of H-pyrrole nitrogens is 1. The SMILES string of the molecule is COc1cc2c(=O)n(COC(=O)C(C)(C)C)cnc2cc1OCCc1nc[nH]n1. The molecule has 1 N–H and O–H groups in total. The summed E-state index contributed by atoms with van der Waals surface area (Å²) in [5, 5.41) is 6.94. The molecule has 0 spiro atoms. The van der Waals surface area contributed by atoms with Gasteiger partial charge in [-0.25, -0.2) is 9.97 Å². The van der Waals surface area contributed by atoms with Gasteiger partial charge in [-0.2, -0.15) is 5.10 Å². The summed E-state index contributed by atoms with van der Waals surface area (Å²) in [4.78, 5) is 33.0. The fourth-order valence-corrected chi connectivity index (χ4v) is 2.48. The molecule has 2 heterocycles. The van der Waals surface area contributed by atoms with E-state index in [4.69, 9.17) is 14.2 Å². The Morgan fingerprint density at radius 1 is 1.21 bits per heavy atom. The van der Waals surface area contributed by atoms with E-state index in [1.54, 1.807) is 32.9 Å². The van der Waals surface area contributed by atoms with Crippen molar-refractivity contribution in [3.8, 4) is 11.5 Å². The molecule has 0 radical (unpaired) electrons. The predicted octanol–water partition coefficient (Wildman–Crippen LogP) is 1.69. The number of rotatable bonds is 7. The van der Waals surface area contributed by atoms with Crippen LogP contribution >= 0.6 is 0 Å². The molecular weight excluding hydrogens is 378 g/mol. The minimum atomic E-state index is -0.658. The van der Waals surface area contributed by atoms with Gasteiger partial charge in [0.2, 0.25) is 0 Å². The number of nitrogens with one attached hydrogen (secondary N) is 1. The third kappa shape index (κ3) is 4.71. The fourth-order valence-electron chi connectivity index (χ4n) is 2.48. The van der Waals surface area contributed by atoms with E-state index >= 15 is 0 Å². The molecule has 3 aromatic rings. The smallest absolute Gasteiger partial charge is 0.312 e. The molecule has 0 fully saturated rings. The van der Waals surface area contributed by atoms with Crippen molar-refractivity contribution in [2.75, 3.05) is 13.7 Å². The van der Waals surface area contributed by atoms with Crippen molar-refractivity contribution in [2.45, 2.75) is 33.9 Å². The van der Waals surface area contributed by atoms with Gasteiger partial charge in [0.1, 0.15) is 12.7 Å². The standard InChI is InChI=1S/C19H23N5O5/c1-19(2,3)18(26)29-11-24-10-21-13-8-15(14(27-4)7-12(13)17(24)25)28-6-5-16-20-9-22-23-16/h7-10H,5-6,11H2,1-4H3,(H,20,22,23). The van der Waals surface area contributed by atoms with E-state index in [-0.39, 0.29) is 12.3 Å². The minimum absolute atomic E-state index is 0.213. The number of esters is 1. The molecule has 2 aromatic heterocycles. The Labute approximate surface area is 166 Å². The molecule has 0 saturated heterocycles. The predicted molar refractivity (Wildman–Crippen MR) is 104 cm³/mol. The summed E-state index contributed by atoms with van der Waals surface area (Å²) in [6, 6.07) is 3.20. The molecule has 10 nitrogen and oxygen atoms in total. The first-order valence-electron chi connectivity index (χ1n) is 9.01. The number of aromatic nitrogens is 5. The molecule has 10 heteroatoms. The number of aromatic amines is 1. The number of hydrogen-bond donors (Lipinski definition) is 1. The Morgan fingerprint density at radius 3 is 2.66 bits per heavy atom. The van der Waals surface area contributed by atoms with Crippen molar-refractivity contribution >= 4 is 16.9 Å². The van der Waals surface area contributed by atoms with Crippen LogP contribution < -0.4 is 15.0 Å². The molecule has 0 atom stereocenters. The van der Waals surface area contributed by atoms with Gasteiger partial charge in [0.25, 0.3) is 5.56 Å². The molecule has 3 rings (SSSR count). The van der Waals surface area contributed by atoms with Crippen LogP contribution in [0, 0.1) is 5.41 Å². The Kier molecular flexibility index (Phi) is 5.81. The number of carbonyl (C=O) groups excluding carboxylic acids is 1. The summed E-state index contributed by atoms with van der Waals surface area (Å²) < 4.78 is 17.6. The van der Waals surface area contributed by atoms with Crippen molar-refractivity contribution in [3.05, 3.63) is 41.0 Å². The highest BCUT2D eigenvalue weighted by atomic mass is 16.5. The summed E-state index contributed by atoms with van der Waals surface area (Å²) in [5.74, 6) is 1.09. The number of benzene rings is 1.